The van der Waals surface area contributed by atoms with Gasteiger partial charge in [0.1, 0.15) is 11.5 Å². The van der Waals surface area contributed by atoms with Crippen molar-refractivity contribution in [2.45, 2.75) is 6.54 Å². The molecule has 1 fully saturated rings. The second-order valence-electron chi connectivity index (χ2n) is 5.72. The van der Waals surface area contributed by atoms with E-state index in [1.165, 1.54) is 18.5 Å². The Kier molecular flexibility index (Phi) is 5.09. The normalized spacial score (nSPS) is 15.4. The maximum absolute atomic E-state index is 13.2. The molecular formula is C15H16BrFN6O2. The Morgan fingerprint density at radius 2 is 2.00 bits per heavy atom. The van der Waals surface area contributed by atoms with Gasteiger partial charge >= 0.3 is 5.69 Å². The predicted molar refractivity (Wildman–Crippen MR) is 94.7 cm³/mol. The molecule has 0 radical (unpaired) electrons. The molecule has 3 heterocycles. The third kappa shape index (κ3) is 3.85. The lowest BCUT2D eigenvalue weighted by Crippen LogP contribution is -2.46. The van der Waals surface area contributed by atoms with Gasteiger partial charge in [0.05, 0.1) is 15.6 Å². The lowest BCUT2D eigenvalue weighted by atomic mass is 10.2. The molecule has 0 aliphatic carbocycles. The first-order valence-electron chi connectivity index (χ1n) is 7.61. The number of hydrogen-bond acceptors (Lipinski definition) is 7. The number of halogens is 2. The molecule has 1 aliphatic heterocycles. The fourth-order valence-electron chi connectivity index (χ4n) is 2.89. The number of rotatable bonds is 4. The fraction of sp³-hybridized carbons (Fsp3) is 0.333. The molecule has 0 amide bonds. The summed E-state index contributed by atoms with van der Waals surface area (Å²) in [7, 11) is 0. The van der Waals surface area contributed by atoms with Crippen LogP contribution in [0.1, 0.15) is 5.56 Å². The van der Waals surface area contributed by atoms with E-state index in [0.717, 1.165) is 5.56 Å². The summed E-state index contributed by atoms with van der Waals surface area (Å²) < 4.78 is 13.8. The predicted octanol–water partition coefficient (Wildman–Crippen LogP) is 2.19. The Balaban J connectivity index is 1.73. The Morgan fingerprint density at radius 3 is 2.64 bits per heavy atom. The van der Waals surface area contributed by atoms with Crippen LogP contribution in [0.15, 0.2) is 29.1 Å². The molecule has 1 saturated heterocycles. The smallest absolute Gasteiger partial charge is 0.335 e. The van der Waals surface area contributed by atoms with Crippen LogP contribution in [0.25, 0.3) is 0 Å². The molecule has 0 atom stereocenters. The number of nitrogens with two attached hydrogens (primary N) is 1. The molecule has 2 aromatic rings. The van der Waals surface area contributed by atoms with Crippen LogP contribution < -0.4 is 10.6 Å². The largest absolute Gasteiger partial charge is 0.378 e. The highest BCUT2D eigenvalue weighted by Crippen LogP contribution is 2.39. The zero-order valence-electron chi connectivity index (χ0n) is 13.2. The molecule has 8 nitrogen and oxygen atoms in total. The van der Waals surface area contributed by atoms with Crippen molar-refractivity contribution >= 4 is 33.1 Å². The van der Waals surface area contributed by atoms with Crippen LogP contribution >= 0.6 is 15.9 Å². The van der Waals surface area contributed by atoms with Gasteiger partial charge in [-0.05, 0) is 27.6 Å². The minimum Gasteiger partial charge on any atom is -0.378 e. The molecule has 3 rings (SSSR count). The second-order valence-corrected chi connectivity index (χ2v) is 6.57. The van der Waals surface area contributed by atoms with E-state index in [1.54, 1.807) is 6.20 Å². The molecule has 2 aromatic heterocycles. The average molecular weight is 411 g/mol. The first-order valence-corrected chi connectivity index (χ1v) is 8.40. The maximum atomic E-state index is 13.2. The number of nitrogens with zero attached hydrogens (tertiary/aromatic N) is 5. The maximum Gasteiger partial charge on any atom is 0.335 e. The topological polar surface area (TPSA) is 101 Å². The second kappa shape index (κ2) is 7.28. The van der Waals surface area contributed by atoms with E-state index in [2.05, 4.69) is 30.8 Å². The molecule has 0 aromatic carbocycles. The third-order valence-electron chi connectivity index (χ3n) is 4.05. The van der Waals surface area contributed by atoms with Gasteiger partial charge < -0.3 is 10.6 Å². The van der Waals surface area contributed by atoms with Gasteiger partial charge in [-0.3, -0.25) is 20.0 Å². The molecule has 0 unspecified atom stereocenters. The number of piperazine rings is 1. The molecule has 25 heavy (non-hydrogen) atoms. The molecule has 10 heteroatoms. The zero-order chi connectivity index (χ0) is 18.0. The fourth-order valence-corrected chi connectivity index (χ4v) is 3.43. The van der Waals surface area contributed by atoms with Crippen molar-refractivity contribution < 1.29 is 9.31 Å². The summed E-state index contributed by atoms with van der Waals surface area (Å²) in [5.41, 5.74) is 6.75. The van der Waals surface area contributed by atoms with Gasteiger partial charge in [-0.25, -0.2) is 9.37 Å². The highest BCUT2D eigenvalue weighted by Gasteiger charge is 2.29. The number of nitro groups is 1. The van der Waals surface area contributed by atoms with E-state index in [9.17, 15) is 14.5 Å². The summed E-state index contributed by atoms with van der Waals surface area (Å²) in [5, 5.41) is 11.4. The van der Waals surface area contributed by atoms with Crippen molar-refractivity contribution in [3.8, 4) is 0 Å². The summed E-state index contributed by atoms with van der Waals surface area (Å²) in [5.74, 6) is -0.459. The summed E-state index contributed by atoms with van der Waals surface area (Å²) in [4.78, 5) is 22.6. The minimum absolute atomic E-state index is 0.100. The number of anilines is 2. The number of pyridine rings is 2. The summed E-state index contributed by atoms with van der Waals surface area (Å²) >= 11 is 3.33. The number of hydrogen-bond donors (Lipinski definition) is 1. The van der Waals surface area contributed by atoms with E-state index in [0.29, 0.717) is 42.9 Å². The third-order valence-corrected chi connectivity index (χ3v) is 4.63. The van der Waals surface area contributed by atoms with E-state index >= 15 is 0 Å². The standard InChI is InChI=1S/C15H16BrFN6O2/c16-12-8-20-15(18)14(23(24)25)13(12)22-3-1-21(2-4-22)9-10-5-11(17)7-19-6-10/h5-8H,1-4,9H2,(H2,18,20). The molecule has 0 spiro atoms. The van der Waals surface area contributed by atoms with E-state index in [-0.39, 0.29) is 17.3 Å². The summed E-state index contributed by atoms with van der Waals surface area (Å²) in [6, 6.07) is 1.46. The van der Waals surface area contributed by atoms with Gasteiger partial charge in [-0.2, -0.15) is 0 Å². The Bertz CT molecular complexity index is 798. The SMILES string of the molecule is Nc1ncc(Br)c(N2CCN(Cc3cncc(F)c3)CC2)c1[N+](=O)[O-]. The van der Waals surface area contributed by atoms with Gasteiger partial charge in [0.25, 0.3) is 0 Å². The van der Waals surface area contributed by atoms with Gasteiger partial charge in [-0.1, -0.05) is 0 Å². The monoisotopic (exact) mass is 410 g/mol. The van der Waals surface area contributed by atoms with E-state index < -0.39 is 4.92 Å². The molecular weight excluding hydrogens is 395 g/mol. The van der Waals surface area contributed by atoms with E-state index in [1.807, 2.05) is 4.90 Å². The molecule has 0 saturated carbocycles. The van der Waals surface area contributed by atoms with Crippen molar-refractivity contribution in [1.29, 1.82) is 0 Å². The van der Waals surface area contributed by atoms with Crippen molar-refractivity contribution in [1.82, 2.24) is 14.9 Å². The highest BCUT2D eigenvalue weighted by atomic mass is 79.9. The Hall–Kier alpha value is -2.33. The molecule has 1 aliphatic rings. The quantitative estimate of drug-likeness (QED) is 0.608. The minimum atomic E-state index is -0.507. The van der Waals surface area contributed by atoms with Crippen LogP contribution in [0.3, 0.4) is 0 Å². The van der Waals surface area contributed by atoms with Crippen LogP contribution in [-0.2, 0) is 6.54 Å². The van der Waals surface area contributed by atoms with Crippen LogP contribution in [0.2, 0.25) is 0 Å². The van der Waals surface area contributed by atoms with Gasteiger partial charge in [0.15, 0.2) is 0 Å². The lowest BCUT2D eigenvalue weighted by Gasteiger charge is -2.36. The number of nitrogen functional groups attached to an aromatic ring is 1. The van der Waals surface area contributed by atoms with Gasteiger partial charge in [0, 0.05) is 45.1 Å². The zero-order valence-corrected chi connectivity index (χ0v) is 14.8. The van der Waals surface area contributed by atoms with Crippen molar-refractivity contribution in [2.24, 2.45) is 0 Å². The van der Waals surface area contributed by atoms with Gasteiger partial charge in [-0.15, -0.1) is 0 Å². The number of aromatic nitrogens is 2. The summed E-state index contributed by atoms with van der Waals surface area (Å²) in [6.07, 6.45) is 4.29. The molecule has 132 valence electrons. The van der Waals surface area contributed by atoms with Crippen LogP contribution in [0.4, 0.5) is 21.6 Å². The first-order chi connectivity index (χ1) is 12.0. The van der Waals surface area contributed by atoms with Crippen molar-refractivity contribution in [3.63, 3.8) is 0 Å². The molecule has 2 N–H and O–H groups in total. The Labute approximate surface area is 151 Å². The van der Waals surface area contributed by atoms with Crippen LogP contribution in [0, 0.1) is 15.9 Å². The van der Waals surface area contributed by atoms with Crippen LogP contribution in [0.5, 0.6) is 0 Å². The highest BCUT2D eigenvalue weighted by molar-refractivity contribution is 9.10. The molecule has 0 bridgehead atoms. The van der Waals surface area contributed by atoms with E-state index in [4.69, 9.17) is 5.73 Å². The van der Waals surface area contributed by atoms with Crippen molar-refractivity contribution in [3.05, 3.63) is 50.6 Å². The average Bonchev–Trinajstić information content (AvgIpc) is 2.57. The first kappa shape index (κ1) is 17.5. The summed E-state index contributed by atoms with van der Waals surface area (Å²) in [6.45, 7) is 3.13. The van der Waals surface area contributed by atoms with Crippen LogP contribution in [-0.4, -0.2) is 46.0 Å². The van der Waals surface area contributed by atoms with Gasteiger partial charge in [0.2, 0.25) is 5.82 Å². The Morgan fingerprint density at radius 1 is 1.28 bits per heavy atom. The van der Waals surface area contributed by atoms with Crippen molar-refractivity contribution in [2.75, 3.05) is 36.8 Å². The lowest BCUT2D eigenvalue weighted by molar-refractivity contribution is -0.383.